The Morgan fingerprint density at radius 2 is 1.67 bits per heavy atom. The summed E-state index contributed by atoms with van der Waals surface area (Å²) in [5.74, 6) is 0.467. The predicted octanol–water partition coefficient (Wildman–Crippen LogP) is 5.57. The van der Waals surface area contributed by atoms with Crippen LogP contribution >= 0.6 is 11.3 Å². The van der Waals surface area contributed by atoms with Crippen molar-refractivity contribution < 1.29 is 22.7 Å². The number of thiazole rings is 1. The van der Waals surface area contributed by atoms with Crippen molar-refractivity contribution in [3.63, 3.8) is 0 Å². The third-order valence-corrected chi connectivity index (χ3v) is 10.7. The largest absolute Gasteiger partial charge is 0.494 e. The quantitative estimate of drug-likeness (QED) is 0.220. The number of fused-ring (bicyclic) bond motifs is 1. The maximum absolute atomic E-state index is 14.0. The van der Waals surface area contributed by atoms with Crippen molar-refractivity contribution in [1.29, 1.82) is 0 Å². The Balaban J connectivity index is 1.60. The number of ether oxygens (including phenoxy) is 2. The van der Waals surface area contributed by atoms with E-state index < -0.39 is 10.0 Å². The molecule has 230 valence electrons. The fourth-order valence-corrected chi connectivity index (χ4v) is 7.63. The van der Waals surface area contributed by atoms with Gasteiger partial charge in [-0.3, -0.25) is 14.6 Å². The zero-order chi connectivity index (χ0) is 30.1. The van der Waals surface area contributed by atoms with Crippen molar-refractivity contribution in [3.8, 4) is 5.75 Å². The van der Waals surface area contributed by atoms with Crippen LogP contribution in [-0.4, -0.2) is 88.1 Å². The highest BCUT2D eigenvalue weighted by molar-refractivity contribution is 7.89. The predicted molar refractivity (Wildman–Crippen MR) is 169 cm³/mol. The summed E-state index contributed by atoms with van der Waals surface area (Å²) in [7, 11) is -2.03. The average Bonchev–Trinajstić information content (AvgIpc) is 3.46. The Bertz CT molecular complexity index is 1410. The van der Waals surface area contributed by atoms with Crippen molar-refractivity contribution in [3.05, 3.63) is 47.5 Å². The molecule has 0 radical (unpaired) electrons. The SMILES string of the molecule is CCCCN(CCCC)S(=O)(=O)c1ccc(C(=O)N(CCCN2CCOCC2)c2nc3c(OC)ccc(C)c3s2)cc1. The van der Waals surface area contributed by atoms with Gasteiger partial charge < -0.3 is 9.47 Å². The minimum absolute atomic E-state index is 0.203. The Hall–Kier alpha value is -2.57. The standard InChI is InChI=1S/C31H44N4O5S2/c1-5-7-17-34(18-8-6-2)42(37,38)26-13-11-25(12-14-26)30(36)35(19-9-16-33-20-22-40-23-21-33)31-32-28-27(39-4)15-10-24(3)29(28)41-31/h10-15H,5-9,16-23H2,1-4H3. The lowest BCUT2D eigenvalue weighted by atomic mass is 10.2. The molecule has 11 heteroatoms. The number of aromatic nitrogens is 1. The molecule has 3 aromatic rings. The number of amides is 1. The van der Waals surface area contributed by atoms with Gasteiger partial charge in [0.1, 0.15) is 11.3 Å². The molecule has 2 aromatic carbocycles. The van der Waals surface area contributed by atoms with Gasteiger partial charge in [0.05, 0.1) is 29.9 Å². The van der Waals surface area contributed by atoms with E-state index in [-0.39, 0.29) is 10.8 Å². The highest BCUT2D eigenvalue weighted by Gasteiger charge is 2.26. The number of carbonyl (C=O) groups is 1. The van der Waals surface area contributed by atoms with Crippen LogP contribution in [0.5, 0.6) is 5.75 Å². The minimum atomic E-state index is -3.65. The van der Waals surface area contributed by atoms with Gasteiger partial charge in [-0.2, -0.15) is 4.31 Å². The molecule has 9 nitrogen and oxygen atoms in total. The molecule has 0 N–H and O–H groups in total. The van der Waals surface area contributed by atoms with Crippen LogP contribution in [0.1, 0.15) is 61.9 Å². The number of aryl methyl sites for hydroxylation is 1. The zero-order valence-corrected chi connectivity index (χ0v) is 26.9. The summed E-state index contributed by atoms with van der Waals surface area (Å²) < 4.78 is 40.5. The molecule has 1 aliphatic rings. The molecular weight excluding hydrogens is 572 g/mol. The van der Waals surface area contributed by atoms with E-state index >= 15 is 0 Å². The van der Waals surface area contributed by atoms with Crippen LogP contribution in [0.4, 0.5) is 5.13 Å². The zero-order valence-electron chi connectivity index (χ0n) is 25.3. The van der Waals surface area contributed by atoms with Crippen molar-refractivity contribution in [2.45, 2.75) is 57.8 Å². The minimum Gasteiger partial charge on any atom is -0.494 e. The van der Waals surface area contributed by atoms with Crippen LogP contribution in [0.15, 0.2) is 41.3 Å². The highest BCUT2D eigenvalue weighted by Crippen LogP contribution is 2.37. The van der Waals surface area contributed by atoms with E-state index in [1.807, 2.05) is 19.1 Å². The average molecular weight is 617 g/mol. The normalized spacial score (nSPS) is 14.5. The van der Waals surface area contributed by atoms with Crippen LogP contribution in [-0.2, 0) is 14.8 Å². The van der Waals surface area contributed by atoms with Gasteiger partial charge in [-0.25, -0.2) is 13.4 Å². The number of nitrogens with zero attached hydrogens (tertiary/aromatic N) is 4. The molecule has 42 heavy (non-hydrogen) atoms. The summed E-state index contributed by atoms with van der Waals surface area (Å²) in [6.45, 7) is 11.7. The first kappa shape index (κ1) is 32.3. The van der Waals surface area contributed by atoms with Crippen molar-refractivity contribution in [2.75, 3.05) is 64.5 Å². The number of benzene rings is 2. The summed E-state index contributed by atoms with van der Waals surface area (Å²) in [6, 6.07) is 10.3. The molecule has 1 aliphatic heterocycles. The third-order valence-electron chi connectivity index (χ3n) is 7.61. The fourth-order valence-electron chi connectivity index (χ4n) is 5.04. The number of anilines is 1. The lowest BCUT2D eigenvalue weighted by Crippen LogP contribution is -2.39. The Morgan fingerprint density at radius 3 is 2.29 bits per heavy atom. The highest BCUT2D eigenvalue weighted by atomic mass is 32.2. The van der Waals surface area contributed by atoms with Gasteiger partial charge in [-0.15, -0.1) is 0 Å². The molecule has 1 fully saturated rings. The monoisotopic (exact) mass is 616 g/mol. The van der Waals surface area contributed by atoms with Gasteiger partial charge in [0.25, 0.3) is 5.91 Å². The first-order valence-electron chi connectivity index (χ1n) is 15.0. The molecule has 4 rings (SSSR count). The van der Waals surface area contributed by atoms with Crippen LogP contribution in [0.3, 0.4) is 0 Å². The van der Waals surface area contributed by atoms with E-state index in [0.29, 0.717) is 36.1 Å². The molecule has 1 aromatic heterocycles. The van der Waals surface area contributed by atoms with Gasteiger partial charge in [0.15, 0.2) is 5.13 Å². The van der Waals surface area contributed by atoms with E-state index in [4.69, 9.17) is 14.5 Å². The Morgan fingerprint density at radius 1 is 1.00 bits per heavy atom. The van der Waals surface area contributed by atoms with Gasteiger partial charge in [-0.05, 0) is 62.1 Å². The van der Waals surface area contributed by atoms with E-state index in [1.165, 1.54) is 11.3 Å². The molecule has 0 spiro atoms. The van der Waals surface area contributed by atoms with Crippen molar-refractivity contribution >= 4 is 42.6 Å². The summed E-state index contributed by atoms with van der Waals surface area (Å²) in [6.07, 6.45) is 4.24. The summed E-state index contributed by atoms with van der Waals surface area (Å²) in [5.41, 5.74) is 2.24. The second-order valence-corrected chi connectivity index (χ2v) is 13.6. The number of carbonyl (C=O) groups excluding carboxylic acids is 1. The van der Waals surface area contributed by atoms with E-state index in [2.05, 4.69) is 18.7 Å². The molecular formula is C31H44N4O5S2. The Labute approximate surface area is 254 Å². The summed E-state index contributed by atoms with van der Waals surface area (Å²) in [5, 5.41) is 0.603. The van der Waals surface area contributed by atoms with Crippen molar-refractivity contribution in [1.82, 2.24) is 14.2 Å². The van der Waals surface area contributed by atoms with E-state index in [1.54, 1.807) is 40.6 Å². The van der Waals surface area contributed by atoms with Gasteiger partial charge >= 0.3 is 0 Å². The number of morpholine rings is 1. The molecule has 1 saturated heterocycles. The number of methoxy groups -OCH3 is 1. The van der Waals surface area contributed by atoms with E-state index in [9.17, 15) is 13.2 Å². The van der Waals surface area contributed by atoms with E-state index in [0.717, 1.165) is 80.7 Å². The topological polar surface area (TPSA) is 92.3 Å². The van der Waals surface area contributed by atoms with Crippen LogP contribution in [0.2, 0.25) is 0 Å². The second kappa shape index (κ2) is 15.2. The number of hydrogen-bond acceptors (Lipinski definition) is 8. The molecule has 0 saturated carbocycles. The molecule has 0 unspecified atom stereocenters. The van der Waals surface area contributed by atoms with Gasteiger partial charge in [0.2, 0.25) is 10.0 Å². The van der Waals surface area contributed by atoms with Crippen LogP contribution in [0.25, 0.3) is 10.2 Å². The smallest absolute Gasteiger partial charge is 0.260 e. The maximum atomic E-state index is 14.0. The van der Waals surface area contributed by atoms with Gasteiger partial charge in [-0.1, -0.05) is 44.1 Å². The molecule has 2 heterocycles. The number of hydrogen-bond donors (Lipinski definition) is 0. The fraction of sp³-hybridized carbons (Fsp3) is 0.548. The lowest BCUT2D eigenvalue weighted by molar-refractivity contribution is 0.0376. The number of rotatable bonds is 15. The van der Waals surface area contributed by atoms with Crippen LogP contribution in [0, 0.1) is 6.92 Å². The maximum Gasteiger partial charge on any atom is 0.260 e. The lowest BCUT2D eigenvalue weighted by Gasteiger charge is -2.27. The summed E-state index contributed by atoms with van der Waals surface area (Å²) in [4.78, 5) is 23.1. The second-order valence-electron chi connectivity index (χ2n) is 10.7. The molecule has 0 atom stereocenters. The first-order valence-corrected chi connectivity index (χ1v) is 17.2. The molecule has 0 aliphatic carbocycles. The van der Waals surface area contributed by atoms with Crippen LogP contribution < -0.4 is 9.64 Å². The summed E-state index contributed by atoms with van der Waals surface area (Å²) >= 11 is 1.47. The number of unbranched alkanes of at least 4 members (excludes halogenated alkanes) is 2. The van der Waals surface area contributed by atoms with Crippen molar-refractivity contribution in [2.24, 2.45) is 0 Å². The third kappa shape index (κ3) is 7.68. The van der Waals surface area contributed by atoms with Gasteiger partial charge in [0, 0.05) is 44.8 Å². The molecule has 0 bridgehead atoms. The number of sulfonamides is 1. The first-order chi connectivity index (χ1) is 20.3. The molecule has 1 amide bonds. The Kier molecular flexibility index (Phi) is 11.7.